The molecule has 0 saturated heterocycles. The number of benzene rings is 1. The SMILES string of the molecule is CCC(C)N(C)CCN=C(N)Nc1cccc(C)c1. The lowest BCUT2D eigenvalue weighted by molar-refractivity contribution is 0.259. The van der Waals surface area contributed by atoms with E-state index in [2.05, 4.69) is 49.1 Å². The van der Waals surface area contributed by atoms with Crippen LogP contribution in [0.15, 0.2) is 29.3 Å². The van der Waals surface area contributed by atoms with Crippen molar-refractivity contribution < 1.29 is 0 Å². The van der Waals surface area contributed by atoms with E-state index >= 15 is 0 Å². The molecule has 1 atom stereocenters. The number of hydrogen-bond donors (Lipinski definition) is 2. The molecule has 0 aliphatic rings. The van der Waals surface area contributed by atoms with Crippen LogP contribution in [-0.2, 0) is 0 Å². The number of aliphatic imine (C=N–C) groups is 1. The van der Waals surface area contributed by atoms with E-state index in [4.69, 9.17) is 5.73 Å². The van der Waals surface area contributed by atoms with Crippen molar-refractivity contribution in [2.75, 3.05) is 25.5 Å². The third kappa shape index (κ3) is 5.75. The zero-order chi connectivity index (χ0) is 14.3. The van der Waals surface area contributed by atoms with Crippen LogP contribution in [0.2, 0.25) is 0 Å². The van der Waals surface area contributed by atoms with Gasteiger partial charge in [0.1, 0.15) is 0 Å². The van der Waals surface area contributed by atoms with Crippen molar-refractivity contribution >= 4 is 11.6 Å². The Labute approximate surface area is 116 Å². The van der Waals surface area contributed by atoms with Crippen molar-refractivity contribution in [3.05, 3.63) is 29.8 Å². The highest BCUT2D eigenvalue weighted by Gasteiger charge is 2.05. The van der Waals surface area contributed by atoms with Gasteiger partial charge in [0, 0.05) is 18.3 Å². The minimum atomic E-state index is 0.475. The third-order valence-electron chi connectivity index (χ3n) is 3.37. The maximum atomic E-state index is 5.87. The van der Waals surface area contributed by atoms with Crippen LogP contribution in [-0.4, -0.2) is 37.0 Å². The highest BCUT2D eigenvalue weighted by Crippen LogP contribution is 2.08. The van der Waals surface area contributed by atoms with Gasteiger partial charge in [-0.05, 0) is 45.0 Å². The average molecular weight is 262 g/mol. The summed E-state index contributed by atoms with van der Waals surface area (Å²) >= 11 is 0. The molecule has 0 fully saturated rings. The van der Waals surface area contributed by atoms with E-state index in [1.807, 2.05) is 18.2 Å². The van der Waals surface area contributed by atoms with E-state index in [1.54, 1.807) is 0 Å². The number of rotatable bonds is 6. The highest BCUT2D eigenvalue weighted by molar-refractivity contribution is 5.92. The minimum absolute atomic E-state index is 0.475. The van der Waals surface area contributed by atoms with Gasteiger partial charge in [-0.1, -0.05) is 19.1 Å². The molecule has 4 heteroatoms. The number of likely N-dealkylation sites (N-methyl/N-ethyl adjacent to an activating group) is 1. The zero-order valence-electron chi connectivity index (χ0n) is 12.5. The first-order valence-corrected chi connectivity index (χ1v) is 6.86. The second-order valence-electron chi connectivity index (χ2n) is 5.00. The Kier molecular flexibility index (Phi) is 6.36. The Balaban J connectivity index is 2.41. The second-order valence-corrected chi connectivity index (χ2v) is 5.00. The van der Waals surface area contributed by atoms with E-state index < -0.39 is 0 Å². The van der Waals surface area contributed by atoms with Gasteiger partial charge >= 0.3 is 0 Å². The monoisotopic (exact) mass is 262 g/mol. The van der Waals surface area contributed by atoms with Gasteiger partial charge in [0.05, 0.1) is 6.54 Å². The number of hydrogen-bond acceptors (Lipinski definition) is 2. The molecule has 0 aliphatic heterocycles. The second kappa shape index (κ2) is 7.79. The Morgan fingerprint density at radius 2 is 2.21 bits per heavy atom. The molecule has 106 valence electrons. The van der Waals surface area contributed by atoms with Crippen LogP contribution >= 0.6 is 0 Å². The molecule has 0 aromatic heterocycles. The molecule has 1 aromatic carbocycles. The van der Waals surface area contributed by atoms with Crippen LogP contribution in [0.25, 0.3) is 0 Å². The lowest BCUT2D eigenvalue weighted by Gasteiger charge is -2.22. The molecule has 0 amide bonds. The first kappa shape index (κ1) is 15.5. The molecule has 0 radical (unpaired) electrons. The predicted molar refractivity (Wildman–Crippen MR) is 83.7 cm³/mol. The Morgan fingerprint density at radius 3 is 2.84 bits per heavy atom. The summed E-state index contributed by atoms with van der Waals surface area (Å²) < 4.78 is 0. The molecular weight excluding hydrogens is 236 g/mol. The van der Waals surface area contributed by atoms with Crippen LogP contribution in [0, 0.1) is 6.92 Å². The van der Waals surface area contributed by atoms with E-state index in [0.29, 0.717) is 18.5 Å². The van der Waals surface area contributed by atoms with Crippen molar-refractivity contribution in [2.24, 2.45) is 10.7 Å². The summed E-state index contributed by atoms with van der Waals surface area (Å²) in [7, 11) is 2.12. The van der Waals surface area contributed by atoms with Crippen LogP contribution in [0.5, 0.6) is 0 Å². The van der Waals surface area contributed by atoms with Gasteiger partial charge < -0.3 is 16.0 Å². The molecule has 19 heavy (non-hydrogen) atoms. The fraction of sp³-hybridized carbons (Fsp3) is 0.533. The van der Waals surface area contributed by atoms with Crippen molar-refractivity contribution in [1.29, 1.82) is 0 Å². The molecular formula is C15H26N4. The van der Waals surface area contributed by atoms with Crippen LogP contribution < -0.4 is 11.1 Å². The van der Waals surface area contributed by atoms with Crippen molar-refractivity contribution in [2.45, 2.75) is 33.2 Å². The quantitative estimate of drug-likeness (QED) is 0.611. The smallest absolute Gasteiger partial charge is 0.193 e. The first-order valence-electron chi connectivity index (χ1n) is 6.86. The fourth-order valence-electron chi connectivity index (χ4n) is 1.77. The predicted octanol–water partition coefficient (Wildman–Crippen LogP) is 2.45. The summed E-state index contributed by atoms with van der Waals surface area (Å²) in [5.74, 6) is 0.475. The largest absolute Gasteiger partial charge is 0.370 e. The number of aryl methyl sites for hydroxylation is 1. The maximum Gasteiger partial charge on any atom is 0.193 e. The van der Waals surface area contributed by atoms with Gasteiger partial charge in [0.15, 0.2) is 5.96 Å². The number of nitrogens with one attached hydrogen (secondary N) is 1. The van der Waals surface area contributed by atoms with Crippen LogP contribution in [0.1, 0.15) is 25.8 Å². The minimum Gasteiger partial charge on any atom is -0.370 e. The molecule has 0 saturated carbocycles. The Hall–Kier alpha value is -1.55. The molecule has 0 aliphatic carbocycles. The maximum absolute atomic E-state index is 5.87. The number of anilines is 1. The van der Waals surface area contributed by atoms with E-state index in [0.717, 1.165) is 18.7 Å². The van der Waals surface area contributed by atoms with Gasteiger partial charge in [0.25, 0.3) is 0 Å². The molecule has 0 spiro atoms. The molecule has 4 nitrogen and oxygen atoms in total. The standard InChI is InChI=1S/C15H26N4/c1-5-13(3)19(4)10-9-17-15(16)18-14-8-6-7-12(2)11-14/h6-8,11,13H,5,9-10H2,1-4H3,(H3,16,17,18). The zero-order valence-corrected chi connectivity index (χ0v) is 12.5. The van der Waals surface area contributed by atoms with E-state index in [9.17, 15) is 0 Å². The molecule has 0 bridgehead atoms. The molecule has 1 rings (SSSR count). The highest BCUT2D eigenvalue weighted by atomic mass is 15.1. The summed E-state index contributed by atoms with van der Waals surface area (Å²) in [6.45, 7) is 8.10. The van der Waals surface area contributed by atoms with Gasteiger partial charge in [-0.25, -0.2) is 0 Å². The number of guanidine groups is 1. The van der Waals surface area contributed by atoms with Gasteiger partial charge in [-0.3, -0.25) is 4.99 Å². The van der Waals surface area contributed by atoms with Crippen LogP contribution in [0.3, 0.4) is 0 Å². The Bertz CT molecular complexity index is 414. The van der Waals surface area contributed by atoms with Crippen LogP contribution in [0.4, 0.5) is 5.69 Å². The molecule has 1 aromatic rings. The number of nitrogens with zero attached hydrogens (tertiary/aromatic N) is 2. The molecule has 3 N–H and O–H groups in total. The van der Waals surface area contributed by atoms with Gasteiger partial charge in [-0.2, -0.15) is 0 Å². The summed E-state index contributed by atoms with van der Waals surface area (Å²) in [5, 5.41) is 3.11. The number of nitrogens with two attached hydrogens (primary N) is 1. The Morgan fingerprint density at radius 1 is 1.47 bits per heavy atom. The van der Waals surface area contributed by atoms with Crippen molar-refractivity contribution in [1.82, 2.24) is 4.90 Å². The fourth-order valence-corrected chi connectivity index (χ4v) is 1.77. The topological polar surface area (TPSA) is 53.6 Å². The molecule has 0 heterocycles. The summed E-state index contributed by atoms with van der Waals surface area (Å²) in [5.41, 5.74) is 8.06. The van der Waals surface area contributed by atoms with Crippen molar-refractivity contribution in [3.63, 3.8) is 0 Å². The summed E-state index contributed by atoms with van der Waals surface area (Å²) in [6, 6.07) is 8.68. The van der Waals surface area contributed by atoms with Crippen molar-refractivity contribution in [3.8, 4) is 0 Å². The average Bonchev–Trinajstić information content (AvgIpc) is 2.37. The van der Waals surface area contributed by atoms with E-state index in [-0.39, 0.29) is 0 Å². The van der Waals surface area contributed by atoms with E-state index in [1.165, 1.54) is 5.56 Å². The van der Waals surface area contributed by atoms with Gasteiger partial charge in [-0.15, -0.1) is 0 Å². The first-order chi connectivity index (χ1) is 9.02. The molecule has 1 unspecified atom stereocenters. The van der Waals surface area contributed by atoms with Gasteiger partial charge in [0.2, 0.25) is 0 Å². The summed E-state index contributed by atoms with van der Waals surface area (Å²) in [4.78, 5) is 6.64. The normalized spacial score (nSPS) is 13.6. The third-order valence-corrected chi connectivity index (χ3v) is 3.37. The lowest BCUT2D eigenvalue weighted by atomic mass is 10.2. The summed E-state index contributed by atoms with van der Waals surface area (Å²) in [6.07, 6.45) is 1.15. The lowest BCUT2D eigenvalue weighted by Crippen LogP contribution is -2.31.